The van der Waals surface area contributed by atoms with E-state index in [-0.39, 0.29) is 18.2 Å². The molecule has 1 heterocycles. The van der Waals surface area contributed by atoms with Crippen molar-refractivity contribution in [1.82, 2.24) is 0 Å². The lowest BCUT2D eigenvalue weighted by atomic mass is 10.0. The first-order chi connectivity index (χ1) is 9.42. The predicted octanol–water partition coefficient (Wildman–Crippen LogP) is 3.92. The summed E-state index contributed by atoms with van der Waals surface area (Å²) in [5.41, 5.74) is 1.96. The monoisotopic (exact) mass is 389 g/mol. The van der Waals surface area contributed by atoms with Crippen molar-refractivity contribution in [1.29, 1.82) is 0 Å². The van der Waals surface area contributed by atoms with E-state index in [0.717, 1.165) is 15.0 Å². The Morgan fingerprint density at radius 1 is 1.45 bits per heavy atom. The molecule has 0 aromatic rings. The second-order valence-corrected chi connectivity index (χ2v) is 6.11. The highest BCUT2D eigenvalue weighted by Crippen LogP contribution is 2.22. The van der Waals surface area contributed by atoms with Gasteiger partial charge >= 0.3 is 5.97 Å². The Kier molecular flexibility index (Phi) is 6.98. The van der Waals surface area contributed by atoms with Crippen molar-refractivity contribution < 1.29 is 14.3 Å². The summed E-state index contributed by atoms with van der Waals surface area (Å²) < 4.78 is 11.7. The molecule has 0 aromatic heterocycles. The lowest BCUT2D eigenvalue weighted by Gasteiger charge is -2.25. The molecule has 1 aliphatic heterocycles. The molecule has 0 bridgehead atoms. The highest BCUT2D eigenvalue weighted by Gasteiger charge is 2.22. The van der Waals surface area contributed by atoms with Gasteiger partial charge in [-0.1, -0.05) is 6.08 Å². The van der Waals surface area contributed by atoms with Gasteiger partial charge in [0, 0.05) is 13.3 Å². The highest BCUT2D eigenvalue weighted by molar-refractivity contribution is 14.1. The number of halogens is 1. The van der Waals surface area contributed by atoms with Crippen LogP contribution >= 0.6 is 22.6 Å². The molecule has 4 nitrogen and oxygen atoms in total. The predicted molar refractivity (Wildman–Crippen MR) is 88.8 cm³/mol. The van der Waals surface area contributed by atoms with Crippen molar-refractivity contribution in [3.8, 4) is 0 Å². The van der Waals surface area contributed by atoms with Gasteiger partial charge in [-0.25, -0.2) is 4.99 Å². The molecule has 0 amide bonds. The van der Waals surface area contributed by atoms with Gasteiger partial charge in [0.25, 0.3) is 0 Å². The number of rotatable bonds is 4. The summed E-state index contributed by atoms with van der Waals surface area (Å²) in [5.74, 6) is -0.277. The zero-order valence-electron chi connectivity index (χ0n) is 12.2. The van der Waals surface area contributed by atoms with Crippen molar-refractivity contribution in [2.45, 2.75) is 46.3 Å². The number of carbonyl (C=O) groups is 1. The van der Waals surface area contributed by atoms with E-state index < -0.39 is 0 Å². The molecule has 0 aliphatic carbocycles. The van der Waals surface area contributed by atoms with Gasteiger partial charge in [-0.2, -0.15) is 0 Å². The molecule has 0 spiro atoms. The third-order valence-electron chi connectivity index (χ3n) is 2.76. The van der Waals surface area contributed by atoms with E-state index >= 15 is 0 Å². The first kappa shape index (κ1) is 16.9. The number of ether oxygens (including phenoxy) is 2. The fraction of sp³-hybridized carbons (Fsp3) is 0.467. The Bertz CT molecular complexity index is 474. The zero-order valence-corrected chi connectivity index (χ0v) is 14.4. The molecule has 110 valence electrons. The first-order valence-corrected chi connectivity index (χ1v) is 7.55. The summed E-state index contributed by atoms with van der Waals surface area (Å²) in [5, 5.41) is 0. The Labute approximate surface area is 133 Å². The number of carbonyl (C=O) groups excluding carboxylic acids is 1. The van der Waals surface area contributed by atoms with Gasteiger partial charge in [0.05, 0.1) is 15.7 Å². The van der Waals surface area contributed by atoms with Crippen LogP contribution in [0.2, 0.25) is 0 Å². The lowest BCUT2D eigenvalue weighted by Crippen LogP contribution is -2.26. The van der Waals surface area contributed by atoms with Crippen LogP contribution in [0, 0.1) is 0 Å². The summed E-state index contributed by atoms with van der Waals surface area (Å²) in [6.45, 7) is 7.31. The maximum atomic E-state index is 11.0. The number of nitrogens with zero attached hydrogens (tertiary/aromatic N) is 1. The van der Waals surface area contributed by atoms with Gasteiger partial charge in [0.2, 0.25) is 0 Å². The molecule has 20 heavy (non-hydrogen) atoms. The largest absolute Gasteiger partial charge is 0.494 e. The molecule has 0 fully saturated rings. The topological polar surface area (TPSA) is 47.9 Å². The van der Waals surface area contributed by atoms with E-state index in [1.54, 1.807) is 12.3 Å². The highest BCUT2D eigenvalue weighted by atomic mass is 127. The lowest BCUT2D eigenvalue weighted by molar-refractivity contribution is -0.145. The van der Waals surface area contributed by atoms with Gasteiger partial charge in [-0.3, -0.25) is 4.79 Å². The molecule has 0 N–H and O–H groups in total. The fourth-order valence-corrected chi connectivity index (χ4v) is 2.13. The minimum atomic E-state index is -0.277. The van der Waals surface area contributed by atoms with E-state index in [9.17, 15) is 4.79 Å². The van der Waals surface area contributed by atoms with Crippen molar-refractivity contribution in [3.63, 3.8) is 0 Å². The molecule has 0 radical (unpaired) electrons. The third kappa shape index (κ3) is 5.90. The average Bonchev–Trinajstić information content (AvgIpc) is 2.36. The average molecular weight is 389 g/mol. The standard InChI is InChI=1S/C15H20INO3/c1-5-13(17-11(3)16)8-10(2)15-9-14(6-7-19-15)20-12(4)18/h5-8,14-15H,9H2,1-4H3/b10-8+,13-5-,17-11-. The smallest absolute Gasteiger partial charge is 0.303 e. The van der Waals surface area contributed by atoms with Crippen LogP contribution < -0.4 is 0 Å². The quantitative estimate of drug-likeness (QED) is 0.317. The van der Waals surface area contributed by atoms with Crippen LogP contribution in [0.3, 0.4) is 0 Å². The Balaban J connectivity index is 2.77. The van der Waals surface area contributed by atoms with Gasteiger partial charge < -0.3 is 9.47 Å². The third-order valence-corrected chi connectivity index (χ3v) is 3.00. The molecule has 1 aliphatic rings. The summed E-state index contributed by atoms with van der Waals surface area (Å²) in [6, 6.07) is 0. The molecule has 1 rings (SSSR count). The SMILES string of the molecule is C/C=C(/C=C(\C)C1CC(OC(C)=O)C=CO1)\N=C(\C)I. The van der Waals surface area contributed by atoms with Crippen molar-refractivity contribution in [2.75, 3.05) is 0 Å². The summed E-state index contributed by atoms with van der Waals surface area (Å²) in [6.07, 6.45) is 7.62. The van der Waals surface area contributed by atoms with Gasteiger partial charge in [-0.05, 0) is 61.1 Å². The van der Waals surface area contributed by atoms with E-state index in [1.807, 2.05) is 32.9 Å². The van der Waals surface area contributed by atoms with Crippen molar-refractivity contribution >= 4 is 32.3 Å². The van der Waals surface area contributed by atoms with Crippen LogP contribution in [0.5, 0.6) is 0 Å². The zero-order chi connectivity index (χ0) is 15.1. The van der Waals surface area contributed by atoms with Crippen molar-refractivity contribution in [2.24, 2.45) is 4.99 Å². The van der Waals surface area contributed by atoms with Crippen LogP contribution in [0.15, 0.2) is 40.8 Å². The number of aliphatic imine (C=N–C) groups is 1. The van der Waals surface area contributed by atoms with E-state index in [1.165, 1.54) is 6.92 Å². The Morgan fingerprint density at radius 2 is 2.15 bits per heavy atom. The van der Waals surface area contributed by atoms with Crippen molar-refractivity contribution in [3.05, 3.63) is 35.8 Å². The summed E-state index contributed by atoms with van der Waals surface area (Å²) in [7, 11) is 0. The molecule has 2 unspecified atom stereocenters. The van der Waals surface area contributed by atoms with E-state index in [4.69, 9.17) is 9.47 Å². The number of allylic oxidation sites excluding steroid dienone is 2. The van der Waals surface area contributed by atoms with Crippen LogP contribution in [0.1, 0.15) is 34.1 Å². The first-order valence-electron chi connectivity index (χ1n) is 6.47. The molecule has 2 atom stereocenters. The molecular formula is C15H20INO3. The van der Waals surface area contributed by atoms with Crippen LogP contribution in [-0.2, 0) is 14.3 Å². The second kappa shape index (κ2) is 8.24. The minimum absolute atomic E-state index is 0.0935. The van der Waals surface area contributed by atoms with Crippen LogP contribution in [0.4, 0.5) is 0 Å². The molecule has 5 heteroatoms. The normalized spacial score (nSPS) is 24.4. The minimum Gasteiger partial charge on any atom is -0.494 e. The molecule has 0 aromatic carbocycles. The maximum absolute atomic E-state index is 11.0. The summed E-state index contributed by atoms with van der Waals surface area (Å²) >= 11 is 2.18. The van der Waals surface area contributed by atoms with Gasteiger partial charge in [0.1, 0.15) is 12.2 Å². The molecular weight excluding hydrogens is 369 g/mol. The number of hydrogen-bond acceptors (Lipinski definition) is 4. The van der Waals surface area contributed by atoms with Crippen LogP contribution in [0.25, 0.3) is 0 Å². The maximum Gasteiger partial charge on any atom is 0.303 e. The van der Waals surface area contributed by atoms with Gasteiger partial charge in [-0.15, -0.1) is 0 Å². The van der Waals surface area contributed by atoms with E-state index in [0.29, 0.717) is 6.42 Å². The number of hydrogen-bond donors (Lipinski definition) is 0. The molecule has 0 saturated carbocycles. The van der Waals surface area contributed by atoms with Gasteiger partial charge in [0.15, 0.2) is 0 Å². The summed E-state index contributed by atoms with van der Waals surface area (Å²) in [4.78, 5) is 15.4. The second-order valence-electron chi connectivity index (χ2n) is 4.55. The molecule has 0 saturated heterocycles. The Morgan fingerprint density at radius 3 is 2.70 bits per heavy atom. The Hall–Kier alpha value is -1.11. The van der Waals surface area contributed by atoms with Crippen LogP contribution in [-0.4, -0.2) is 21.9 Å². The number of esters is 1. The fourth-order valence-electron chi connectivity index (χ4n) is 1.85. The van der Waals surface area contributed by atoms with E-state index in [2.05, 4.69) is 27.6 Å².